The maximum atomic E-state index is 10.8. The molecule has 4 nitrogen and oxygen atoms in total. The number of carbonyl (C=O) groups is 2. The summed E-state index contributed by atoms with van der Waals surface area (Å²) in [5.74, 6) is -0.477. The number of nitrogens with zero attached hydrogens (tertiary/aromatic N) is 1. The van der Waals surface area contributed by atoms with Crippen molar-refractivity contribution in [3.8, 4) is 0 Å². The van der Waals surface area contributed by atoms with Crippen LogP contribution in [0.2, 0.25) is 0 Å². The Bertz CT molecular complexity index is 147. The number of hydrogen-bond donors (Lipinski definition) is 1. The van der Waals surface area contributed by atoms with Crippen LogP contribution >= 0.6 is 0 Å². The number of nitrogens with one attached hydrogen (secondary N) is 1. The summed E-state index contributed by atoms with van der Waals surface area (Å²) in [5.41, 5.74) is 0. The minimum absolute atomic E-state index is 0.0694. The van der Waals surface area contributed by atoms with Gasteiger partial charge in [-0.25, -0.2) is 4.79 Å². The molecule has 0 fully saturated rings. The number of aldehydes is 1. The van der Waals surface area contributed by atoms with Crippen LogP contribution in [0.5, 0.6) is 0 Å². The van der Waals surface area contributed by atoms with Crippen LogP contribution in [-0.4, -0.2) is 45.3 Å². The Hall–Kier alpha value is -0.675. The van der Waals surface area contributed by atoms with Crippen molar-refractivity contribution in [2.24, 2.45) is 0 Å². The Balaban J connectivity index is 4.08. The Morgan fingerprint density at radius 1 is 1.60 bits per heavy atom. The summed E-state index contributed by atoms with van der Waals surface area (Å²) in [7, 11) is 6.44. The van der Waals surface area contributed by atoms with E-state index in [4.69, 9.17) is 0 Å². The maximum Gasteiger partial charge on any atom is 0.563 e. The minimum atomic E-state index is -0.477. The number of rotatable bonds is 3. The van der Waals surface area contributed by atoms with Gasteiger partial charge in [0, 0.05) is 0 Å². The number of likely N-dealkylation sites (N-methyl/N-ethyl adjacent to an activating group) is 1. The van der Waals surface area contributed by atoms with E-state index >= 15 is 0 Å². The fourth-order valence-electron chi connectivity index (χ4n) is 0.522. The third-order valence-electron chi connectivity index (χ3n) is 1.12. The molecular weight excluding hydrogens is 131 g/mol. The Labute approximate surface area is 61.1 Å². The van der Waals surface area contributed by atoms with E-state index in [1.807, 2.05) is 0 Å². The summed E-state index contributed by atoms with van der Waals surface area (Å²) >= 11 is 0. The van der Waals surface area contributed by atoms with Crippen LogP contribution in [0.3, 0.4) is 0 Å². The molecule has 0 aromatic carbocycles. The topological polar surface area (TPSA) is 46.2 Å². The molecule has 1 amide bonds. The Morgan fingerprint density at radius 3 is 2.40 bits per heavy atom. The predicted molar refractivity (Wildman–Crippen MR) is 38.0 cm³/mol. The molecule has 0 rings (SSSR count). The summed E-state index contributed by atoms with van der Waals surface area (Å²) in [6.07, 6.45) is 0.313. The first kappa shape index (κ1) is 9.32. The monoisotopic (exact) mass is 142 g/mol. The Morgan fingerprint density at radius 2 is 2.10 bits per heavy atom. The number of amides is 1. The molecule has 0 unspecified atom stereocenters. The zero-order valence-corrected chi connectivity index (χ0v) is 6.42. The average molecular weight is 142 g/mol. The van der Waals surface area contributed by atoms with Crippen molar-refractivity contribution in [3.05, 3.63) is 0 Å². The normalized spacial score (nSPS) is 10.7. The molecule has 0 bridgehead atoms. The van der Waals surface area contributed by atoms with Crippen molar-refractivity contribution < 1.29 is 14.0 Å². The Kier molecular flexibility index (Phi) is 3.25. The molecular formula is C5H11BN2O2+. The van der Waals surface area contributed by atoms with E-state index in [0.717, 1.165) is 0 Å². The summed E-state index contributed by atoms with van der Waals surface area (Å²) in [5, 5.41) is 2.69. The molecule has 1 radical (unpaired) electrons. The average Bonchev–Trinajstić information content (AvgIpc) is 1.86. The molecule has 0 aromatic heterocycles. The summed E-state index contributed by atoms with van der Waals surface area (Å²) in [6.45, 7) is 0. The second kappa shape index (κ2) is 3.48. The quantitative estimate of drug-likeness (QED) is 0.297. The highest BCUT2D eigenvalue weighted by Crippen LogP contribution is 1.89. The largest absolute Gasteiger partial charge is 0.563 e. The molecule has 0 aromatic rings. The van der Waals surface area contributed by atoms with Crippen molar-refractivity contribution in [1.82, 2.24) is 5.23 Å². The van der Waals surface area contributed by atoms with Crippen LogP contribution in [-0.2, 0) is 9.59 Å². The van der Waals surface area contributed by atoms with Crippen LogP contribution in [0.1, 0.15) is 0 Å². The molecule has 0 saturated carbocycles. The van der Waals surface area contributed by atoms with Crippen LogP contribution in [0.25, 0.3) is 0 Å². The zero-order chi connectivity index (χ0) is 8.20. The van der Waals surface area contributed by atoms with E-state index in [1.165, 1.54) is 7.55 Å². The number of hydrogen-bond acceptors (Lipinski definition) is 3. The second-order valence-electron chi connectivity index (χ2n) is 2.41. The predicted octanol–water partition coefficient (Wildman–Crippen LogP) is -1.46. The molecule has 0 atom stereocenters. The molecule has 1 N–H and O–H groups in total. The van der Waals surface area contributed by atoms with Gasteiger partial charge in [0.2, 0.25) is 6.29 Å². The molecule has 55 valence electrons. The SMILES string of the molecule is CN[B][N+](C)(C)C(=O)C=O. The van der Waals surface area contributed by atoms with Gasteiger partial charge in [-0.15, -0.1) is 0 Å². The molecule has 5 heteroatoms. The van der Waals surface area contributed by atoms with E-state index in [9.17, 15) is 9.59 Å². The fourth-order valence-corrected chi connectivity index (χ4v) is 0.522. The third kappa shape index (κ3) is 2.28. The molecule has 0 aliphatic carbocycles. The van der Waals surface area contributed by atoms with E-state index in [0.29, 0.717) is 6.29 Å². The first-order chi connectivity index (χ1) is 4.54. The lowest BCUT2D eigenvalue weighted by Crippen LogP contribution is -2.53. The van der Waals surface area contributed by atoms with Gasteiger partial charge in [0.15, 0.2) is 0 Å². The molecule has 0 saturated heterocycles. The van der Waals surface area contributed by atoms with E-state index < -0.39 is 5.91 Å². The third-order valence-corrected chi connectivity index (χ3v) is 1.12. The van der Waals surface area contributed by atoms with Gasteiger partial charge in [0.25, 0.3) is 0 Å². The first-order valence-electron chi connectivity index (χ1n) is 2.89. The number of quaternary nitrogens is 1. The fraction of sp³-hybridized carbons (Fsp3) is 0.600. The van der Waals surface area contributed by atoms with E-state index in [-0.39, 0.29) is 4.39 Å². The van der Waals surface area contributed by atoms with E-state index in [1.54, 1.807) is 21.1 Å². The van der Waals surface area contributed by atoms with Crippen molar-refractivity contribution in [2.45, 2.75) is 0 Å². The van der Waals surface area contributed by atoms with Gasteiger partial charge >= 0.3 is 13.5 Å². The van der Waals surface area contributed by atoms with Crippen LogP contribution < -0.4 is 5.23 Å². The van der Waals surface area contributed by atoms with Crippen molar-refractivity contribution >= 4 is 19.7 Å². The van der Waals surface area contributed by atoms with Crippen LogP contribution in [0, 0.1) is 0 Å². The van der Waals surface area contributed by atoms with Crippen molar-refractivity contribution in [2.75, 3.05) is 21.1 Å². The lowest BCUT2D eigenvalue weighted by molar-refractivity contribution is -0.693. The molecule has 0 aliphatic heterocycles. The highest BCUT2D eigenvalue weighted by Gasteiger charge is 2.27. The smallest absolute Gasteiger partial charge is 0.313 e. The molecule has 0 spiro atoms. The molecule has 0 heterocycles. The van der Waals surface area contributed by atoms with Gasteiger partial charge in [0.1, 0.15) is 0 Å². The van der Waals surface area contributed by atoms with Gasteiger partial charge in [-0.1, -0.05) is 0 Å². The van der Waals surface area contributed by atoms with Gasteiger partial charge in [-0.2, -0.15) is 0 Å². The van der Waals surface area contributed by atoms with Crippen molar-refractivity contribution in [3.63, 3.8) is 0 Å². The first-order valence-corrected chi connectivity index (χ1v) is 2.89. The lowest BCUT2D eigenvalue weighted by atomic mass is 10.1. The van der Waals surface area contributed by atoms with Crippen LogP contribution in [0.4, 0.5) is 0 Å². The van der Waals surface area contributed by atoms with Gasteiger partial charge in [0.05, 0.1) is 14.1 Å². The summed E-state index contributed by atoms with van der Waals surface area (Å²) in [6, 6.07) is 0. The van der Waals surface area contributed by atoms with E-state index in [2.05, 4.69) is 5.23 Å². The summed E-state index contributed by atoms with van der Waals surface area (Å²) < 4.78 is -0.0694. The standard InChI is InChI=1S/C5H11BN2O2/c1-7-6-8(2,3)5(10)4-9/h4,7H,1-3H3/q+1. The van der Waals surface area contributed by atoms with Crippen LogP contribution in [0.15, 0.2) is 0 Å². The molecule has 10 heavy (non-hydrogen) atoms. The number of carbonyl (C=O) groups excluding carboxylic acids is 2. The second-order valence-corrected chi connectivity index (χ2v) is 2.41. The van der Waals surface area contributed by atoms with Crippen molar-refractivity contribution in [1.29, 1.82) is 0 Å². The maximum absolute atomic E-state index is 10.8. The molecule has 0 aliphatic rings. The van der Waals surface area contributed by atoms with Gasteiger partial charge < -0.3 is 9.62 Å². The van der Waals surface area contributed by atoms with Gasteiger partial charge in [-0.3, -0.25) is 4.79 Å². The highest BCUT2D eigenvalue weighted by atomic mass is 16.2. The van der Waals surface area contributed by atoms with Gasteiger partial charge in [-0.05, 0) is 7.05 Å². The lowest BCUT2D eigenvalue weighted by Gasteiger charge is -2.21. The highest BCUT2D eigenvalue weighted by molar-refractivity contribution is 6.33. The summed E-state index contributed by atoms with van der Waals surface area (Å²) in [4.78, 5) is 20.8. The minimum Gasteiger partial charge on any atom is -0.313 e. The zero-order valence-electron chi connectivity index (χ0n) is 6.42.